The topological polar surface area (TPSA) is 54.0 Å². The zero-order valence-corrected chi connectivity index (χ0v) is 11.7. The van der Waals surface area contributed by atoms with Gasteiger partial charge in [0.25, 0.3) is 5.91 Å². The van der Waals surface area contributed by atoms with Gasteiger partial charge in [0.05, 0.1) is 0 Å². The summed E-state index contributed by atoms with van der Waals surface area (Å²) in [5.41, 5.74) is 1.35. The zero-order valence-electron chi connectivity index (χ0n) is 11.7. The molecule has 0 aliphatic heterocycles. The van der Waals surface area contributed by atoms with Gasteiger partial charge < -0.3 is 10.6 Å². The van der Waals surface area contributed by atoms with Crippen molar-refractivity contribution in [3.05, 3.63) is 58.8 Å². The molecule has 1 aromatic heterocycles. The second-order valence-electron chi connectivity index (χ2n) is 4.55. The summed E-state index contributed by atoms with van der Waals surface area (Å²) in [6.07, 6.45) is 0. The molecule has 110 valence electrons. The second kappa shape index (κ2) is 6.30. The van der Waals surface area contributed by atoms with Crippen molar-refractivity contribution in [3.8, 4) is 0 Å². The minimum Gasteiger partial charge on any atom is -0.373 e. The molecule has 0 saturated heterocycles. The lowest BCUT2D eigenvalue weighted by molar-refractivity contribution is 0.0950. The molecule has 0 radical (unpaired) electrons. The summed E-state index contributed by atoms with van der Waals surface area (Å²) in [7, 11) is 1.71. The van der Waals surface area contributed by atoms with Crippen molar-refractivity contribution in [1.29, 1.82) is 0 Å². The van der Waals surface area contributed by atoms with Gasteiger partial charge >= 0.3 is 0 Å². The number of halogens is 2. The number of benzene rings is 1. The first kappa shape index (κ1) is 14.9. The average molecular weight is 291 g/mol. The number of carbonyl (C=O) groups excluding carboxylic acids is 1. The summed E-state index contributed by atoms with van der Waals surface area (Å²) >= 11 is 0. The molecule has 2 rings (SSSR count). The van der Waals surface area contributed by atoms with Crippen LogP contribution in [0.3, 0.4) is 0 Å². The van der Waals surface area contributed by atoms with Gasteiger partial charge in [-0.3, -0.25) is 4.79 Å². The van der Waals surface area contributed by atoms with Gasteiger partial charge in [-0.1, -0.05) is 6.07 Å². The maximum absolute atomic E-state index is 13.5. The number of rotatable bonds is 4. The fraction of sp³-hybridized carbons (Fsp3) is 0.200. The number of nitrogens with one attached hydrogen (secondary N) is 2. The molecule has 21 heavy (non-hydrogen) atoms. The van der Waals surface area contributed by atoms with Crippen molar-refractivity contribution < 1.29 is 13.6 Å². The molecule has 1 aromatic carbocycles. The standard InChI is InChI=1S/C15H15F2N3O/c1-9-5-11(6-14(18-2)20-9)15(21)19-8-10-3-4-12(16)7-13(10)17/h3-7H,8H2,1-2H3,(H,18,20)(H,19,21). The van der Waals surface area contributed by atoms with Crippen molar-refractivity contribution in [3.63, 3.8) is 0 Å². The van der Waals surface area contributed by atoms with Crippen LogP contribution in [0, 0.1) is 18.6 Å². The summed E-state index contributed by atoms with van der Waals surface area (Å²) in [4.78, 5) is 16.2. The van der Waals surface area contributed by atoms with E-state index >= 15 is 0 Å². The predicted octanol–water partition coefficient (Wildman–Crippen LogP) is 2.64. The van der Waals surface area contributed by atoms with Crippen LogP contribution in [0.4, 0.5) is 14.6 Å². The van der Waals surface area contributed by atoms with E-state index in [1.165, 1.54) is 6.07 Å². The van der Waals surface area contributed by atoms with Gasteiger partial charge in [0, 0.05) is 36.5 Å². The van der Waals surface area contributed by atoms with E-state index in [1.54, 1.807) is 26.1 Å². The van der Waals surface area contributed by atoms with E-state index in [2.05, 4.69) is 15.6 Å². The van der Waals surface area contributed by atoms with Crippen LogP contribution in [0.5, 0.6) is 0 Å². The lowest BCUT2D eigenvalue weighted by atomic mass is 10.2. The van der Waals surface area contributed by atoms with E-state index in [4.69, 9.17) is 0 Å². The summed E-state index contributed by atoms with van der Waals surface area (Å²) < 4.78 is 26.3. The van der Waals surface area contributed by atoms with Crippen molar-refractivity contribution >= 4 is 11.7 Å². The SMILES string of the molecule is CNc1cc(C(=O)NCc2ccc(F)cc2F)cc(C)n1. The molecule has 1 heterocycles. The number of aromatic nitrogens is 1. The third-order valence-electron chi connectivity index (χ3n) is 2.93. The van der Waals surface area contributed by atoms with Crippen LogP contribution in [0.15, 0.2) is 30.3 Å². The maximum atomic E-state index is 13.5. The summed E-state index contributed by atoms with van der Waals surface area (Å²) in [6, 6.07) is 6.49. The number of pyridine rings is 1. The first-order valence-electron chi connectivity index (χ1n) is 6.38. The van der Waals surface area contributed by atoms with Crippen LogP contribution in [-0.2, 0) is 6.54 Å². The van der Waals surface area contributed by atoms with Crippen LogP contribution in [-0.4, -0.2) is 17.9 Å². The quantitative estimate of drug-likeness (QED) is 0.910. The van der Waals surface area contributed by atoms with E-state index in [-0.39, 0.29) is 18.0 Å². The maximum Gasteiger partial charge on any atom is 0.251 e. The van der Waals surface area contributed by atoms with Gasteiger partial charge in [0.2, 0.25) is 0 Å². The second-order valence-corrected chi connectivity index (χ2v) is 4.55. The Hall–Kier alpha value is -2.50. The Balaban J connectivity index is 2.09. The molecule has 0 aliphatic carbocycles. The van der Waals surface area contributed by atoms with Gasteiger partial charge in [-0.25, -0.2) is 13.8 Å². The van der Waals surface area contributed by atoms with E-state index < -0.39 is 11.6 Å². The number of hydrogen-bond donors (Lipinski definition) is 2. The number of carbonyl (C=O) groups is 1. The molecule has 0 bridgehead atoms. The van der Waals surface area contributed by atoms with Crippen molar-refractivity contribution in [2.75, 3.05) is 12.4 Å². The van der Waals surface area contributed by atoms with Crippen LogP contribution in [0.25, 0.3) is 0 Å². The Morgan fingerprint density at radius 3 is 2.67 bits per heavy atom. The van der Waals surface area contributed by atoms with Crippen molar-refractivity contribution in [2.24, 2.45) is 0 Å². The summed E-state index contributed by atoms with van der Waals surface area (Å²) in [5, 5.41) is 5.46. The molecule has 2 N–H and O–H groups in total. The van der Waals surface area contributed by atoms with Gasteiger partial charge in [-0.15, -0.1) is 0 Å². The lowest BCUT2D eigenvalue weighted by Gasteiger charge is -2.08. The highest BCUT2D eigenvalue weighted by atomic mass is 19.1. The number of hydrogen-bond acceptors (Lipinski definition) is 3. The van der Waals surface area contributed by atoms with Gasteiger partial charge in [0.1, 0.15) is 17.5 Å². The fourth-order valence-electron chi connectivity index (χ4n) is 1.87. The molecule has 0 aliphatic rings. The Kier molecular flexibility index (Phi) is 4.47. The Morgan fingerprint density at radius 1 is 1.24 bits per heavy atom. The number of aryl methyl sites for hydroxylation is 1. The predicted molar refractivity (Wildman–Crippen MR) is 76.0 cm³/mol. The van der Waals surface area contributed by atoms with E-state index in [0.29, 0.717) is 17.1 Å². The Bertz CT molecular complexity index is 674. The third kappa shape index (κ3) is 3.75. The normalized spacial score (nSPS) is 10.3. The highest BCUT2D eigenvalue weighted by Gasteiger charge is 2.10. The molecule has 0 spiro atoms. The monoisotopic (exact) mass is 291 g/mol. The average Bonchev–Trinajstić information content (AvgIpc) is 2.45. The molecule has 0 fully saturated rings. The number of nitrogens with zero attached hydrogens (tertiary/aromatic N) is 1. The molecule has 0 saturated carbocycles. The van der Waals surface area contributed by atoms with E-state index in [1.807, 2.05) is 0 Å². The number of amides is 1. The summed E-state index contributed by atoms with van der Waals surface area (Å²) in [6.45, 7) is 1.76. The van der Waals surface area contributed by atoms with Gasteiger partial charge in [0.15, 0.2) is 0 Å². The smallest absolute Gasteiger partial charge is 0.251 e. The molecular formula is C15H15F2N3O. The summed E-state index contributed by atoms with van der Waals surface area (Å²) in [5.74, 6) is -1.10. The lowest BCUT2D eigenvalue weighted by Crippen LogP contribution is -2.23. The Labute approximate surface area is 121 Å². The fourth-order valence-corrected chi connectivity index (χ4v) is 1.87. The number of anilines is 1. The minimum absolute atomic E-state index is 0.0127. The largest absolute Gasteiger partial charge is 0.373 e. The van der Waals surface area contributed by atoms with E-state index in [9.17, 15) is 13.6 Å². The van der Waals surface area contributed by atoms with Crippen molar-refractivity contribution in [2.45, 2.75) is 13.5 Å². The molecule has 4 nitrogen and oxygen atoms in total. The van der Waals surface area contributed by atoms with Crippen LogP contribution in [0.1, 0.15) is 21.6 Å². The molecular weight excluding hydrogens is 276 g/mol. The Morgan fingerprint density at radius 2 is 2.00 bits per heavy atom. The molecule has 1 amide bonds. The van der Waals surface area contributed by atoms with Crippen LogP contribution in [0.2, 0.25) is 0 Å². The van der Waals surface area contributed by atoms with Crippen LogP contribution >= 0.6 is 0 Å². The first-order valence-corrected chi connectivity index (χ1v) is 6.38. The molecule has 0 unspecified atom stereocenters. The van der Waals surface area contributed by atoms with Crippen molar-refractivity contribution in [1.82, 2.24) is 10.3 Å². The highest BCUT2D eigenvalue weighted by molar-refractivity contribution is 5.94. The first-order chi connectivity index (χ1) is 9.99. The molecule has 2 aromatic rings. The molecule has 0 atom stereocenters. The van der Waals surface area contributed by atoms with Crippen LogP contribution < -0.4 is 10.6 Å². The van der Waals surface area contributed by atoms with Gasteiger partial charge in [-0.2, -0.15) is 0 Å². The highest BCUT2D eigenvalue weighted by Crippen LogP contribution is 2.11. The van der Waals surface area contributed by atoms with Gasteiger partial charge in [-0.05, 0) is 25.1 Å². The zero-order chi connectivity index (χ0) is 15.4. The minimum atomic E-state index is -0.683. The van der Waals surface area contributed by atoms with E-state index in [0.717, 1.165) is 12.1 Å². The third-order valence-corrected chi connectivity index (χ3v) is 2.93. The molecule has 6 heteroatoms.